The first kappa shape index (κ1) is 24.1. The van der Waals surface area contributed by atoms with Gasteiger partial charge in [0.2, 0.25) is 5.91 Å². The summed E-state index contributed by atoms with van der Waals surface area (Å²) in [5.74, 6) is 0.534. The number of pyridine rings is 4. The summed E-state index contributed by atoms with van der Waals surface area (Å²) in [6.45, 7) is 0. The Morgan fingerprint density at radius 1 is 0.825 bits per heavy atom. The van der Waals surface area contributed by atoms with Crippen LogP contribution in [0.1, 0.15) is 38.5 Å². The number of fused-ring (bicyclic) bond motifs is 2. The molecule has 198 valence electrons. The van der Waals surface area contributed by atoms with E-state index in [1.54, 1.807) is 37.2 Å². The number of hydrogen-bond donors (Lipinski definition) is 3. The summed E-state index contributed by atoms with van der Waals surface area (Å²) < 4.78 is 0. The number of nitrogens with zero attached hydrogens (tertiary/aromatic N) is 5. The van der Waals surface area contributed by atoms with Crippen molar-refractivity contribution in [3.8, 4) is 33.6 Å². The van der Waals surface area contributed by atoms with Gasteiger partial charge in [-0.1, -0.05) is 19.3 Å². The molecule has 7 rings (SSSR count). The third kappa shape index (κ3) is 4.70. The summed E-state index contributed by atoms with van der Waals surface area (Å²) in [5.41, 5.74) is 7.66. The van der Waals surface area contributed by atoms with E-state index in [0.29, 0.717) is 23.7 Å². The standard InChI is InChI=1S/C31H28N8O/c40-28(12-19-4-2-1-3-5-19)36-23-13-21(16-33-18-23)22-14-26-29(38-39-31(26)35-17-22)27-15-25-24(8-11-34-30(25)37-27)20-6-9-32-10-7-20/h6-11,13-19H,1-5,12H2,(H,34,37)(H,36,40)(H,35,38,39). The molecule has 6 heterocycles. The predicted octanol–water partition coefficient (Wildman–Crippen LogP) is 6.53. The molecule has 1 fully saturated rings. The molecule has 1 aliphatic carbocycles. The van der Waals surface area contributed by atoms with Gasteiger partial charge in [-0.3, -0.25) is 19.9 Å². The molecule has 9 nitrogen and oxygen atoms in total. The molecule has 3 N–H and O–H groups in total. The second-order valence-corrected chi connectivity index (χ2v) is 10.5. The zero-order valence-corrected chi connectivity index (χ0v) is 21.9. The van der Waals surface area contributed by atoms with Crippen LogP contribution in [0.5, 0.6) is 0 Å². The van der Waals surface area contributed by atoms with Gasteiger partial charge in [-0.05, 0) is 66.3 Å². The molecular weight excluding hydrogens is 500 g/mol. The second kappa shape index (κ2) is 10.3. The quantitative estimate of drug-likeness (QED) is 0.226. The second-order valence-electron chi connectivity index (χ2n) is 10.5. The Labute approximate surface area is 230 Å². The lowest BCUT2D eigenvalue weighted by Gasteiger charge is -2.20. The molecule has 0 radical (unpaired) electrons. The van der Waals surface area contributed by atoms with Crippen LogP contribution >= 0.6 is 0 Å². The zero-order valence-electron chi connectivity index (χ0n) is 21.9. The molecule has 0 aromatic carbocycles. The Morgan fingerprint density at radius 3 is 2.55 bits per heavy atom. The Hall–Kier alpha value is -4.92. The van der Waals surface area contributed by atoms with E-state index in [2.05, 4.69) is 52.6 Å². The van der Waals surface area contributed by atoms with E-state index in [0.717, 1.165) is 62.9 Å². The van der Waals surface area contributed by atoms with Crippen LogP contribution in [-0.4, -0.2) is 41.0 Å². The topological polar surface area (TPSA) is 125 Å². The lowest BCUT2D eigenvalue weighted by molar-refractivity contribution is -0.117. The van der Waals surface area contributed by atoms with Crippen molar-refractivity contribution in [2.75, 3.05) is 5.32 Å². The Balaban J connectivity index is 1.19. The van der Waals surface area contributed by atoms with E-state index in [-0.39, 0.29) is 5.91 Å². The summed E-state index contributed by atoms with van der Waals surface area (Å²) in [6, 6.07) is 12.1. The van der Waals surface area contributed by atoms with Crippen molar-refractivity contribution in [3.63, 3.8) is 0 Å². The fraction of sp³-hybridized carbons (Fsp3) is 0.226. The highest BCUT2D eigenvalue weighted by Crippen LogP contribution is 2.34. The van der Waals surface area contributed by atoms with Gasteiger partial charge < -0.3 is 10.3 Å². The van der Waals surface area contributed by atoms with E-state index in [9.17, 15) is 4.79 Å². The highest BCUT2D eigenvalue weighted by Gasteiger charge is 2.18. The van der Waals surface area contributed by atoms with Crippen LogP contribution in [0.15, 0.2) is 73.6 Å². The van der Waals surface area contributed by atoms with E-state index >= 15 is 0 Å². The number of carbonyl (C=O) groups is 1. The molecule has 0 saturated heterocycles. The number of anilines is 1. The maximum Gasteiger partial charge on any atom is 0.224 e. The number of aromatic nitrogens is 7. The van der Waals surface area contributed by atoms with Gasteiger partial charge in [0.1, 0.15) is 11.3 Å². The lowest BCUT2D eigenvalue weighted by Crippen LogP contribution is -2.18. The maximum absolute atomic E-state index is 12.7. The normalized spacial score (nSPS) is 14.1. The molecule has 0 aliphatic heterocycles. The Bertz CT molecular complexity index is 1820. The minimum atomic E-state index is 0.0510. The van der Waals surface area contributed by atoms with Gasteiger partial charge in [-0.15, -0.1) is 0 Å². The van der Waals surface area contributed by atoms with Gasteiger partial charge in [-0.2, -0.15) is 5.10 Å². The molecule has 0 spiro atoms. The van der Waals surface area contributed by atoms with Crippen LogP contribution in [0.25, 0.3) is 55.7 Å². The van der Waals surface area contributed by atoms with E-state index in [4.69, 9.17) is 0 Å². The van der Waals surface area contributed by atoms with Crippen molar-refractivity contribution in [2.45, 2.75) is 38.5 Å². The van der Waals surface area contributed by atoms with E-state index < -0.39 is 0 Å². The molecule has 0 atom stereocenters. The molecule has 1 aliphatic rings. The average molecular weight is 529 g/mol. The van der Waals surface area contributed by atoms with E-state index in [1.165, 1.54) is 19.3 Å². The molecule has 1 saturated carbocycles. The first-order valence-electron chi connectivity index (χ1n) is 13.7. The highest BCUT2D eigenvalue weighted by atomic mass is 16.1. The highest BCUT2D eigenvalue weighted by molar-refractivity contribution is 6.00. The predicted molar refractivity (Wildman–Crippen MR) is 155 cm³/mol. The summed E-state index contributed by atoms with van der Waals surface area (Å²) in [6.07, 6.45) is 17.2. The molecule has 6 aromatic rings. The van der Waals surface area contributed by atoms with Gasteiger partial charge in [0.15, 0.2) is 5.65 Å². The Morgan fingerprint density at radius 2 is 1.68 bits per heavy atom. The number of hydrogen-bond acceptors (Lipinski definition) is 6. The van der Waals surface area contributed by atoms with Gasteiger partial charge >= 0.3 is 0 Å². The van der Waals surface area contributed by atoms with Crippen molar-refractivity contribution < 1.29 is 4.79 Å². The minimum Gasteiger partial charge on any atom is -0.338 e. The SMILES string of the molecule is O=C(CC1CCCCC1)Nc1cncc(-c2cnc3[nH]nc(-c4cc5c(-c6ccncc6)ccnc5[nH]4)c3c2)c1. The first-order chi connectivity index (χ1) is 19.7. The lowest BCUT2D eigenvalue weighted by atomic mass is 9.87. The van der Waals surface area contributed by atoms with Crippen molar-refractivity contribution in [1.29, 1.82) is 0 Å². The number of H-pyrrole nitrogens is 2. The molecule has 0 bridgehead atoms. The number of carbonyl (C=O) groups excluding carboxylic acids is 1. The molecule has 40 heavy (non-hydrogen) atoms. The molecule has 1 amide bonds. The molecular formula is C31H28N8O. The summed E-state index contributed by atoms with van der Waals surface area (Å²) in [4.78, 5) is 33.8. The summed E-state index contributed by atoms with van der Waals surface area (Å²) in [7, 11) is 0. The third-order valence-corrected chi connectivity index (χ3v) is 7.75. The van der Waals surface area contributed by atoms with Gasteiger partial charge in [0, 0.05) is 59.3 Å². The fourth-order valence-electron chi connectivity index (χ4n) is 5.74. The third-order valence-electron chi connectivity index (χ3n) is 7.75. The summed E-state index contributed by atoms with van der Waals surface area (Å²) in [5, 5.41) is 12.6. The monoisotopic (exact) mass is 528 g/mol. The fourth-order valence-corrected chi connectivity index (χ4v) is 5.74. The van der Waals surface area contributed by atoms with Crippen molar-refractivity contribution >= 4 is 33.7 Å². The zero-order chi connectivity index (χ0) is 26.9. The Kier molecular flexibility index (Phi) is 6.24. The maximum atomic E-state index is 12.7. The smallest absolute Gasteiger partial charge is 0.224 e. The van der Waals surface area contributed by atoms with Gasteiger partial charge in [-0.25, -0.2) is 9.97 Å². The number of aromatic amines is 2. The molecule has 0 unspecified atom stereocenters. The molecule has 6 aromatic heterocycles. The summed E-state index contributed by atoms with van der Waals surface area (Å²) >= 11 is 0. The van der Waals surface area contributed by atoms with Crippen LogP contribution in [0.4, 0.5) is 5.69 Å². The van der Waals surface area contributed by atoms with Crippen molar-refractivity contribution in [2.24, 2.45) is 5.92 Å². The molecule has 9 heteroatoms. The van der Waals surface area contributed by atoms with Gasteiger partial charge in [0.05, 0.1) is 17.6 Å². The minimum absolute atomic E-state index is 0.0510. The van der Waals surface area contributed by atoms with E-state index in [1.807, 2.05) is 24.3 Å². The van der Waals surface area contributed by atoms with Gasteiger partial charge in [0.25, 0.3) is 0 Å². The first-order valence-corrected chi connectivity index (χ1v) is 13.7. The van der Waals surface area contributed by atoms with Crippen LogP contribution in [0.3, 0.4) is 0 Å². The van der Waals surface area contributed by atoms with Crippen LogP contribution in [0.2, 0.25) is 0 Å². The average Bonchev–Trinajstić information content (AvgIpc) is 3.62. The van der Waals surface area contributed by atoms with Crippen LogP contribution in [0, 0.1) is 5.92 Å². The number of rotatable bonds is 6. The number of nitrogens with one attached hydrogen (secondary N) is 3. The van der Waals surface area contributed by atoms with Crippen molar-refractivity contribution in [1.82, 2.24) is 35.1 Å². The van der Waals surface area contributed by atoms with Crippen LogP contribution in [-0.2, 0) is 4.79 Å². The number of amides is 1. The van der Waals surface area contributed by atoms with Crippen molar-refractivity contribution in [3.05, 3.63) is 73.6 Å². The largest absolute Gasteiger partial charge is 0.338 e. The van der Waals surface area contributed by atoms with Crippen LogP contribution < -0.4 is 5.32 Å².